The molecule has 0 aliphatic rings. The highest BCUT2D eigenvalue weighted by Gasteiger charge is 2.30. The van der Waals surface area contributed by atoms with Gasteiger partial charge in [-0.3, -0.25) is 25.5 Å². The van der Waals surface area contributed by atoms with Gasteiger partial charge in [-0.05, 0) is 24.3 Å². The lowest BCUT2D eigenvalue weighted by Crippen LogP contribution is -2.28. The third-order valence-electron chi connectivity index (χ3n) is 1.75. The normalized spacial score (nSPS) is 12.3. The van der Waals surface area contributed by atoms with E-state index in [9.17, 15) is 22.5 Å². The van der Waals surface area contributed by atoms with Gasteiger partial charge in [0.2, 0.25) is 0 Å². The summed E-state index contributed by atoms with van der Waals surface area (Å²) in [5, 5.41) is 1.78. The van der Waals surface area contributed by atoms with Crippen LogP contribution in [0, 0.1) is 0 Å². The predicted molar refractivity (Wildman–Crippen MR) is 54.9 cm³/mol. The molecule has 0 aliphatic heterocycles. The Bertz CT molecular complexity index is 466. The van der Waals surface area contributed by atoms with Gasteiger partial charge in [-0.1, -0.05) is 0 Å². The van der Waals surface area contributed by atoms with E-state index in [1.54, 1.807) is 5.09 Å². The molecular weight excluding hydrogens is 258 g/mol. The molecule has 0 fully saturated rings. The van der Waals surface area contributed by atoms with Gasteiger partial charge in [0.25, 0.3) is 5.91 Å². The fourth-order valence-corrected chi connectivity index (χ4v) is 1.48. The van der Waals surface area contributed by atoms with E-state index in [2.05, 4.69) is 0 Å². The summed E-state index contributed by atoms with van der Waals surface area (Å²) < 4.78 is 47.5. The number of halogens is 3. The van der Waals surface area contributed by atoms with Crippen LogP contribution in [0.15, 0.2) is 24.3 Å². The number of nitrogens with one attached hydrogen (secondary N) is 1. The average Bonchev–Trinajstić information content (AvgIpc) is 2.14. The average molecular weight is 267 g/mol. The number of benzene rings is 1. The van der Waals surface area contributed by atoms with E-state index in [-0.39, 0.29) is 5.56 Å². The highest BCUT2D eigenvalue weighted by atomic mass is 31.2. The van der Waals surface area contributed by atoms with Gasteiger partial charge >= 0.3 is 13.8 Å². The Morgan fingerprint density at radius 3 is 2.00 bits per heavy atom. The highest BCUT2D eigenvalue weighted by Crippen LogP contribution is 2.29. The third-order valence-corrected chi connectivity index (χ3v) is 2.30. The van der Waals surface area contributed by atoms with Crippen molar-refractivity contribution < 1.29 is 22.5 Å². The molecule has 0 saturated carbocycles. The van der Waals surface area contributed by atoms with Crippen molar-refractivity contribution in [2.45, 2.75) is 6.18 Å². The van der Waals surface area contributed by atoms with Crippen molar-refractivity contribution in [1.82, 2.24) is 5.09 Å². The Labute approximate surface area is 94.5 Å². The summed E-state index contributed by atoms with van der Waals surface area (Å²) >= 11 is 0. The van der Waals surface area contributed by atoms with Crippen LogP contribution >= 0.6 is 7.59 Å². The van der Waals surface area contributed by atoms with E-state index in [0.717, 1.165) is 24.3 Å². The molecule has 0 spiro atoms. The van der Waals surface area contributed by atoms with Gasteiger partial charge in [-0.15, -0.1) is 0 Å². The lowest BCUT2D eigenvalue weighted by Gasteiger charge is -2.10. The molecule has 0 unspecified atom stereocenters. The molecule has 0 radical (unpaired) electrons. The number of amides is 1. The van der Waals surface area contributed by atoms with Crippen molar-refractivity contribution >= 4 is 13.5 Å². The molecule has 0 bridgehead atoms. The Hall–Kier alpha value is -1.37. The van der Waals surface area contributed by atoms with Gasteiger partial charge in [0.05, 0.1) is 5.56 Å². The van der Waals surface area contributed by atoms with Crippen LogP contribution in [0.2, 0.25) is 0 Å². The Kier molecular flexibility index (Phi) is 3.61. The quantitative estimate of drug-likeness (QED) is 0.706. The summed E-state index contributed by atoms with van der Waals surface area (Å²) in [7, 11) is -3.75. The van der Waals surface area contributed by atoms with Crippen molar-refractivity contribution in [2.24, 2.45) is 11.0 Å². The maximum absolute atomic E-state index is 12.2. The van der Waals surface area contributed by atoms with Gasteiger partial charge in [0.15, 0.2) is 0 Å². The Balaban J connectivity index is 2.89. The van der Waals surface area contributed by atoms with Gasteiger partial charge in [-0.25, -0.2) is 0 Å². The van der Waals surface area contributed by atoms with E-state index in [1.165, 1.54) is 0 Å². The van der Waals surface area contributed by atoms with Crippen LogP contribution in [-0.2, 0) is 10.7 Å². The van der Waals surface area contributed by atoms with E-state index in [4.69, 9.17) is 11.0 Å². The molecule has 0 aliphatic carbocycles. The SMILES string of the molecule is NP(N)(=O)NC(=O)c1ccc(C(F)(F)F)cc1. The highest BCUT2D eigenvalue weighted by molar-refractivity contribution is 7.57. The topological polar surface area (TPSA) is 98.2 Å². The summed E-state index contributed by atoms with van der Waals surface area (Å²) in [5.74, 6) is -0.896. The van der Waals surface area contributed by atoms with E-state index in [0.29, 0.717) is 0 Å². The van der Waals surface area contributed by atoms with Crippen LogP contribution in [0.1, 0.15) is 15.9 Å². The van der Waals surface area contributed by atoms with Gasteiger partial charge in [-0.2, -0.15) is 13.2 Å². The zero-order chi connectivity index (χ0) is 13.3. The molecule has 5 nitrogen and oxygen atoms in total. The molecule has 1 aromatic carbocycles. The summed E-state index contributed by atoms with van der Waals surface area (Å²) in [4.78, 5) is 11.3. The molecule has 0 heterocycles. The van der Waals surface area contributed by atoms with Gasteiger partial charge in [0, 0.05) is 5.56 Å². The fourth-order valence-electron chi connectivity index (χ4n) is 1.03. The molecule has 1 aromatic rings. The minimum atomic E-state index is -4.48. The standard InChI is InChI=1S/C8H9F3N3O2P/c9-8(10,11)6-3-1-5(2-4-6)7(15)14-17(12,13)16/h1-4H,(H5,12,13,14,15,16). The molecular formula is C8H9F3N3O2P. The van der Waals surface area contributed by atoms with Crippen molar-refractivity contribution in [3.63, 3.8) is 0 Å². The van der Waals surface area contributed by atoms with Crippen molar-refractivity contribution in [3.8, 4) is 0 Å². The molecule has 94 valence electrons. The first-order valence-electron chi connectivity index (χ1n) is 4.27. The minimum absolute atomic E-state index is 0.117. The second-order valence-electron chi connectivity index (χ2n) is 3.23. The first-order chi connectivity index (χ1) is 7.59. The lowest BCUT2D eigenvalue weighted by atomic mass is 10.1. The zero-order valence-corrected chi connectivity index (χ0v) is 9.26. The summed E-state index contributed by atoms with van der Waals surface area (Å²) in [6.07, 6.45) is -4.48. The van der Waals surface area contributed by atoms with E-state index >= 15 is 0 Å². The van der Waals surface area contributed by atoms with E-state index < -0.39 is 25.2 Å². The fraction of sp³-hybridized carbons (Fsp3) is 0.125. The zero-order valence-electron chi connectivity index (χ0n) is 8.36. The molecule has 1 amide bonds. The maximum atomic E-state index is 12.2. The van der Waals surface area contributed by atoms with Gasteiger partial charge in [0.1, 0.15) is 0 Å². The molecule has 0 atom stereocenters. The predicted octanol–water partition coefficient (Wildman–Crippen LogP) is 1.46. The largest absolute Gasteiger partial charge is 0.416 e. The van der Waals surface area contributed by atoms with Crippen molar-refractivity contribution in [3.05, 3.63) is 35.4 Å². The number of rotatable bonds is 2. The van der Waals surface area contributed by atoms with Crippen LogP contribution in [0.4, 0.5) is 13.2 Å². The van der Waals surface area contributed by atoms with E-state index in [1.807, 2.05) is 0 Å². The maximum Gasteiger partial charge on any atom is 0.416 e. The van der Waals surface area contributed by atoms with Crippen molar-refractivity contribution in [1.29, 1.82) is 0 Å². The second-order valence-corrected chi connectivity index (χ2v) is 4.87. The molecule has 9 heteroatoms. The van der Waals surface area contributed by atoms with Gasteiger partial charge < -0.3 is 0 Å². The smallest absolute Gasteiger partial charge is 0.279 e. The monoisotopic (exact) mass is 267 g/mol. The minimum Gasteiger partial charge on any atom is -0.279 e. The summed E-state index contributed by atoms with van der Waals surface area (Å²) in [6, 6.07) is 3.33. The number of hydrogen-bond donors (Lipinski definition) is 3. The molecule has 1 rings (SSSR count). The molecule has 17 heavy (non-hydrogen) atoms. The number of hydrogen-bond acceptors (Lipinski definition) is 2. The van der Waals surface area contributed by atoms with Crippen LogP contribution < -0.4 is 16.1 Å². The molecule has 5 N–H and O–H groups in total. The lowest BCUT2D eigenvalue weighted by molar-refractivity contribution is -0.137. The van der Waals surface area contributed by atoms with Crippen LogP contribution in [-0.4, -0.2) is 5.91 Å². The summed E-state index contributed by atoms with van der Waals surface area (Å²) in [5.41, 5.74) is 8.78. The number of nitrogens with two attached hydrogens (primary N) is 2. The van der Waals surface area contributed by atoms with Crippen molar-refractivity contribution in [2.75, 3.05) is 0 Å². The number of alkyl halides is 3. The number of carbonyl (C=O) groups excluding carboxylic acids is 1. The summed E-state index contributed by atoms with van der Waals surface area (Å²) in [6.45, 7) is 0. The van der Waals surface area contributed by atoms with Crippen LogP contribution in [0.25, 0.3) is 0 Å². The van der Waals surface area contributed by atoms with Crippen LogP contribution in [0.3, 0.4) is 0 Å². The first-order valence-corrected chi connectivity index (χ1v) is 6.11. The molecule has 0 aromatic heterocycles. The first kappa shape index (κ1) is 13.7. The second kappa shape index (κ2) is 4.48. The third kappa shape index (κ3) is 4.18. The molecule has 0 saturated heterocycles. The van der Waals surface area contributed by atoms with Crippen LogP contribution in [0.5, 0.6) is 0 Å². The Morgan fingerprint density at radius 1 is 1.18 bits per heavy atom. The Morgan fingerprint density at radius 2 is 1.65 bits per heavy atom. The number of carbonyl (C=O) groups is 1.